The molecule has 0 aliphatic heterocycles. The van der Waals surface area contributed by atoms with E-state index in [2.05, 4.69) is 133 Å². The van der Waals surface area contributed by atoms with Gasteiger partial charge in [-0.2, -0.15) is 0 Å². The molecule has 0 aromatic heterocycles. The molecule has 0 spiro atoms. The smallest absolute Gasteiger partial charge is 0.0468 e. The summed E-state index contributed by atoms with van der Waals surface area (Å²) in [5.41, 5.74) is 7.24. The first-order valence-corrected chi connectivity index (χ1v) is 10.3. The molecule has 5 rings (SSSR count). The van der Waals surface area contributed by atoms with Crippen LogP contribution in [0.25, 0.3) is 21.9 Å². The number of anilines is 3. The molecule has 0 aliphatic rings. The van der Waals surface area contributed by atoms with Crippen molar-refractivity contribution >= 4 is 27.8 Å². The summed E-state index contributed by atoms with van der Waals surface area (Å²) in [5, 5.41) is 2.48. The summed E-state index contributed by atoms with van der Waals surface area (Å²) in [4.78, 5) is 2.30. The molecular weight excluding hydrogens is 362 g/mol. The van der Waals surface area contributed by atoms with E-state index < -0.39 is 0 Å². The third-order valence-corrected chi connectivity index (χ3v) is 5.50. The molecule has 0 radical (unpaired) electrons. The van der Waals surface area contributed by atoms with E-state index in [0.29, 0.717) is 0 Å². The summed E-state index contributed by atoms with van der Waals surface area (Å²) in [6.45, 7) is 2.12. The number of hydrogen-bond donors (Lipinski definition) is 0. The largest absolute Gasteiger partial charge is 0.310 e. The molecule has 0 saturated carbocycles. The van der Waals surface area contributed by atoms with E-state index in [4.69, 9.17) is 0 Å². The molecule has 5 aromatic carbocycles. The lowest BCUT2D eigenvalue weighted by molar-refractivity contribution is 1.29. The Balaban J connectivity index is 1.59. The molecule has 0 unspecified atom stereocenters. The lowest BCUT2D eigenvalue weighted by atomic mass is 10.00. The predicted molar refractivity (Wildman–Crippen MR) is 129 cm³/mol. The van der Waals surface area contributed by atoms with E-state index in [1.54, 1.807) is 0 Å². The highest BCUT2D eigenvalue weighted by Crippen LogP contribution is 2.36. The van der Waals surface area contributed by atoms with Gasteiger partial charge in [0.25, 0.3) is 0 Å². The summed E-state index contributed by atoms with van der Waals surface area (Å²) < 4.78 is 0. The SMILES string of the molecule is Cc1ccc(-c2ccc3cc(N(c4ccccc4)c4ccccc4)ccc3c2)cc1. The first kappa shape index (κ1) is 18.2. The molecule has 0 heterocycles. The van der Waals surface area contributed by atoms with Gasteiger partial charge < -0.3 is 4.90 Å². The summed E-state index contributed by atoms with van der Waals surface area (Å²) >= 11 is 0. The van der Waals surface area contributed by atoms with Gasteiger partial charge in [-0.1, -0.05) is 84.4 Å². The van der Waals surface area contributed by atoms with Crippen molar-refractivity contribution in [2.24, 2.45) is 0 Å². The van der Waals surface area contributed by atoms with Gasteiger partial charge in [0, 0.05) is 17.1 Å². The standard InChI is InChI=1S/C29H23N/c1-22-12-14-23(15-13-22)24-16-17-26-21-29(19-18-25(26)20-24)30(27-8-4-2-5-9-27)28-10-6-3-7-11-28/h2-21H,1H3. The van der Waals surface area contributed by atoms with Crippen LogP contribution in [0.4, 0.5) is 17.1 Å². The molecule has 0 bridgehead atoms. The van der Waals surface area contributed by atoms with Crippen molar-refractivity contribution < 1.29 is 0 Å². The van der Waals surface area contributed by atoms with E-state index in [9.17, 15) is 0 Å². The Bertz CT molecular complexity index is 1230. The number of fused-ring (bicyclic) bond motifs is 1. The van der Waals surface area contributed by atoms with Crippen molar-refractivity contribution in [1.29, 1.82) is 0 Å². The van der Waals surface area contributed by atoms with Crippen LogP contribution in [-0.2, 0) is 0 Å². The summed E-state index contributed by atoms with van der Waals surface area (Å²) in [7, 11) is 0. The van der Waals surface area contributed by atoms with Crippen molar-refractivity contribution in [3.05, 3.63) is 127 Å². The van der Waals surface area contributed by atoms with Crippen LogP contribution < -0.4 is 4.90 Å². The number of benzene rings is 5. The monoisotopic (exact) mass is 385 g/mol. The van der Waals surface area contributed by atoms with Gasteiger partial charge in [-0.25, -0.2) is 0 Å². The van der Waals surface area contributed by atoms with Crippen LogP contribution in [0.3, 0.4) is 0 Å². The Labute approximate surface area is 177 Å². The predicted octanol–water partition coefficient (Wildman–Crippen LogP) is 8.29. The topological polar surface area (TPSA) is 3.24 Å². The number of rotatable bonds is 4. The minimum Gasteiger partial charge on any atom is -0.310 e. The van der Waals surface area contributed by atoms with Crippen molar-refractivity contribution in [2.75, 3.05) is 4.90 Å². The second-order valence-electron chi connectivity index (χ2n) is 7.62. The fraction of sp³-hybridized carbons (Fsp3) is 0.0345. The van der Waals surface area contributed by atoms with E-state index in [0.717, 1.165) is 17.1 Å². The molecule has 0 fully saturated rings. The molecule has 30 heavy (non-hydrogen) atoms. The van der Waals surface area contributed by atoms with Crippen molar-refractivity contribution in [3.8, 4) is 11.1 Å². The van der Waals surface area contributed by atoms with Crippen LogP contribution in [0.2, 0.25) is 0 Å². The average molecular weight is 386 g/mol. The fourth-order valence-corrected chi connectivity index (χ4v) is 3.90. The maximum absolute atomic E-state index is 2.30. The highest BCUT2D eigenvalue weighted by Gasteiger charge is 2.12. The number of nitrogens with zero attached hydrogens (tertiary/aromatic N) is 1. The van der Waals surface area contributed by atoms with E-state index in [-0.39, 0.29) is 0 Å². The van der Waals surface area contributed by atoms with Gasteiger partial charge >= 0.3 is 0 Å². The first-order valence-electron chi connectivity index (χ1n) is 10.3. The second kappa shape index (κ2) is 7.88. The Morgan fingerprint density at radius 3 is 1.60 bits per heavy atom. The Morgan fingerprint density at radius 1 is 0.433 bits per heavy atom. The Kier molecular flexibility index (Phi) is 4.78. The van der Waals surface area contributed by atoms with Crippen LogP contribution >= 0.6 is 0 Å². The lowest BCUT2D eigenvalue weighted by Gasteiger charge is -2.25. The molecule has 0 N–H and O–H groups in total. The molecule has 0 atom stereocenters. The summed E-state index contributed by atoms with van der Waals surface area (Å²) in [6, 6.07) is 43.2. The van der Waals surface area contributed by atoms with Crippen molar-refractivity contribution in [1.82, 2.24) is 0 Å². The van der Waals surface area contributed by atoms with E-state index in [1.165, 1.54) is 27.5 Å². The van der Waals surface area contributed by atoms with Crippen LogP contribution in [0.1, 0.15) is 5.56 Å². The molecule has 144 valence electrons. The van der Waals surface area contributed by atoms with Gasteiger partial charge in [0.15, 0.2) is 0 Å². The third-order valence-electron chi connectivity index (χ3n) is 5.50. The van der Waals surface area contributed by atoms with Gasteiger partial charge in [0.2, 0.25) is 0 Å². The van der Waals surface area contributed by atoms with Gasteiger partial charge in [-0.05, 0) is 71.3 Å². The summed E-state index contributed by atoms with van der Waals surface area (Å²) in [5.74, 6) is 0. The highest BCUT2D eigenvalue weighted by atomic mass is 15.1. The molecule has 0 amide bonds. The molecule has 0 aliphatic carbocycles. The number of hydrogen-bond acceptors (Lipinski definition) is 1. The van der Waals surface area contributed by atoms with E-state index in [1.807, 2.05) is 0 Å². The first-order chi connectivity index (χ1) is 14.8. The zero-order valence-electron chi connectivity index (χ0n) is 17.0. The van der Waals surface area contributed by atoms with Crippen LogP contribution in [0.15, 0.2) is 121 Å². The molecule has 1 heteroatoms. The molecular formula is C29H23N. The minimum atomic E-state index is 1.15. The van der Waals surface area contributed by atoms with E-state index >= 15 is 0 Å². The quantitative estimate of drug-likeness (QED) is 0.301. The second-order valence-corrected chi connectivity index (χ2v) is 7.62. The van der Waals surface area contributed by atoms with Crippen molar-refractivity contribution in [2.45, 2.75) is 6.92 Å². The zero-order chi connectivity index (χ0) is 20.3. The number of aryl methyl sites for hydroxylation is 1. The minimum absolute atomic E-state index is 1.15. The molecule has 0 saturated heterocycles. The fourth-order valence-electron chi connectivity index (χ4n) is 3.90. The number of para-hydroxylation sites is 2. The third kappa shape index (κ3) is 3.58. The van der Waals surface area contributed by atoms with Crippen LogP contribution in [0, 0.1) is 6.92 Å². The Morgan fingerprint density at radius 2 is 0.967 bits per heavy atom. The van der Waals surface area contributed by atoms with Crippen LogP contribution in [-0.4, -0.2) is 0 Å². The lowest BCUT2D eigenvalue weighted by Crippen LogP contribution is -2.09. The summed E-state index contributed by atoms with van der Waals surface area (Å²) in [6.07, 6.45) is 0. The molecule has 1 nitrogen and oxygen atoms in total. The highest BCUT2D eigenvalue weighted by molar-refractivity contribution is 5.92. The van der Waals surface area contributed by atoms with Gasteiger partial charge in [-0.15, -0.1) is 0 Å². The maximum atomic E-state index is 2.30. The van der Waals surface area contributed by atoms with Crippen LogP contribution in [0.5, 0.6) is 0 Å². The molecule has 5 aromatic rings. The van der Waals surface area contributed by atoms with Crippen molar-refractivity contribution in [3.63, 3.8) is 0 Å². The Hall–Kier alpha value is -3.84. The van der Waals surface area contributed by atoms with Gasteiger partial charge in [-0.3, -0.25) is 0 Å². The normalized spacial score (nSPS) is 10.8. The zero-order valence-corrected chi connectivity index (χ0v) is 17.0. The maximum Gasteiger partial charge on any atom is 0.0468 e. The average Bonchev–Trinajstić information content (AvgIpc) is 2.81. The van der Waals surface area contributed by atoms with Gasteiger partial charge in [0.1, 0.15) is 0 Å². The van der Waals surface area contributed by atoms with Gasteiger partial charge in [0.05, 0.1) is 0 Å².